The van der Waals surface area contributed by atoms with Crippen LogP contribution in [0, 0.1) is 6.92 Å². The van der Waals surface area contributed by atoms with Crippen molar-refractivity contribution in [2.75, 3.05) is 6.54 Å². The molecule has 2 atom stereocenters. The lowest BCUT2D eigenvalue weighted by molar-refractivity contribution is 0.0876. The molecule has 1 aliphatic heterocycles. The van der Waals surface area contributed by atoms with E-state index in [9.17, 15) is 0 Å². The molecule has 1 aliphatic rings. The van der Waals surface area contributed by atoms with Crippen molar-refractivity contribution in [3.8, 4) is 0 Å². The first-order chi connectivity index (χ1) is 8.22. The first-order valence-corrected chi connectivity index (χ1v) is 6.58. The quantitative estimate of drug-likeness (QED) is 0.869. The van der Waals surface area contributed by atoms with Gasteiger partial charge in [0.1, 0.15) is 0 Å². The Balaban J connectivity index is 2.12. The molecule has 0 saturated carbocycles. The fourth-order valence-electron chi connectivity index (χ4n) is 2.74. The minimum Gasteiger partial charge on any atom is -0.329 e. The molecule has 3 heteroatoms. The van der Waals surface area contributed by atoms with Crippen LogP contribution in [0.4, 0.5) is 0 Å². The highest BCUT2D eigenvalue weighted by atomic mass is 15.2. The maximum absolute atomic E-state index is 5.89. The maximum atomic E-state index is 5.89. The summed E-state index contributed by atoms with van der Waals surface area (Å²) in [5, 5.41) is 0. The van der Waals surface area contributed by atoms with E-state index in [0.29, 0.717) is 12.1 Å². The number of nitrogens with zero attached hydrogens (tertiary/aromatic N) is 2. The lowest BCUT2D eigenvalue weighted by Crippen LogP contribution is -2.48. The molecule has 0 radical (unpaired) electrons. The molecule has 0 aliphatic carbocycles. The summed E-state index contributed by atoms with van der Waals surface area (Å²) in [6.07, 6.45) is 5.70. The van der Waals surface area contributed by atoms with Crippen molar-refractivity contribution in [2.45, 2.75) is 51.7 Å². The number of piperidine rings is 1. The van der Waals surface area contributed by atoms with Gasteiger partial charge < -0.3 is 5.73 Å². The Kier molecular flexibility index (Phi) is 4.13. The molecule has 0 spiro atoms. The lowest BCUT2D eigenvalue weighted by atomic mass is 9.96. The Hall–Kier alpha value is -0.930. The molecular weight excluding hydrogens is 210 g/mol. The number of likely N-dealkylation sites (tertiary alicyclic amines) is 1. The molecule has 17 heavy (non-hydrogen) atoms. The molecule has 1 fully saturated rings. The molecule has 2 rings (SSSR count). The summed E-state index contributed by atoms with van der Waals surface area (Å²) in [6, 6.07) is 5.28. The van der Waals surface area contributed by atoms with Gasteiger partial charge in [-0.1, -0.05) is 12.5 Å². The van der Waals surface area contributed by atoms with Crippen LogP contribution in [0.25, 0.3) is 0 Å². The number of hydrogen-bond donors (Lipinski definition) is 1. The van der Waals surface area contributed by atoms with Crippen molar-refractivity contribution in [3.63, 3.8) is 0 Å². The average Bonchev–Trinajstić information content (AvgIpc) is 2.34. The molecule has 0 aromatic carbocycles. The zero-order valence-corrected chi connectivity index (χ0v) is 10.9. The number of aromatic nitrogens is 1. The summed E-state index contributed by atoms with van der Waals surface area (Å²) >= 11 is 0. The molecule has 2 unspecified atom stereocenters. The highest BCUT2D eigenvalue weighted by Gasteiger charge is 2.27. The van der Waals surface area contributed by atoms with Gasteiger partial charge in [0, 0.05) is 31.4 Å². The summed E-state index contributed by atoms with van der Waals surface area (Å²) in [5.74, 6) is 0. The Morgan fingerprint density at radius 2 is 2.29 bits per heavy atom. The van der Waals surface area contributed by atoms with Crippen LogP contribution in [0.2, 0.25) is 0 Å². The van der Waals surface area contributed by atoms with E-state index in [0.717, 1.165) is 13.1 Å². The summed E-state index contributed by atoms with van der Waals surface area (Å²) in [5.41, 5.74) is 8.36. The first-order valence-electron chi connectivity index (χ1n) is 6.58. The third-order valence-electron chi connectivity index (χ3n) is 3.92. The maximum Gasteiger partial charge on any atom is 0.0573 e. The second-order valence-electron chi connectivity index (χ2n) is 5.11. The van der Waals surface area contributed by atoms with Gasteiger partial charge in [0.05, 0.1) is 5.69 Å². The van der Waals surface area contributed by atoms with Crippen LogP contribution >= 0.6 is 0 Å². The molecule has 2 N–H and O–H groups in total. The fraction of sp³-hybridized carbons (Fsp3) is 0.643. The van der Waals surface area contributed by atoms with Gasteiger partial charge in [-0.3, -0.25) is 9.88 Å². The van der Waals surface area contributed by atoms with Crippen LogP contribution in [0.3, 0.4) is 0 Å². The van der Waals surface area contributed by atoms with E-state index in [1.807, 2.05) is 12.3 Å². The third-order valence-corrected chi connectivity index (χ3v) is 3.92. The van der Waals surface area contributed by atoms with Crippen molar-refractivity contribution >= 4 is 0 Å². The number of nitrogens with two attached hydrogens (primary N) is 1. The largest absolute Gasteiger partial charge is 0.329 e. The second kappa shape index (κ2) is 5.61. The molecule has 1 saturated heterocycles. The number of rotatable bonds is 3. The van der Waals surface area contributed by atoms with Gasteiger partial charge in [0.15, 0.2) is 0 Å². The minimum atomic E-state index is 0.528. The third kappa shape index (κ3) is 2.85. The van der Waals surface area contributed by atoms with Crippen molar-refractivity contribution in [1.82, 2.24) is 9.88 Å². The number of pyridine rings is 1. The highest BCUT2D eigenvalue weighted by Crippen LogP contribution is 2.24. The standard InChI is InChI=1S/C14H23N3/c1-11-5-4-8-16-14(11)10-17-12(2)6-3-7-13(17)9-15/h4-5,8,12-13H,3,6-7,9-10,15H2,1-2H3. The molecule has 0 bridgehead atoms. The summed E-state index contributed by atoms with van der Waals surface area (Å²) in [6.45, 7) is 6.14. The predicted molar refractivity (Wildman–Crippen MR) is 70.7 cm³/mol. The number of aryl methyl sites for hydroxylation is 1. The van der Waals surface area contributed by atoms with Crippen LogP contribution in [-0.4, -0.2) is 28.5 Å². The van der Waals surface area contributed by atoms with E-state index in [-0.39, 0.29) is 0 Å². The Morgan fingerprint density at radius 3 is 3.00 bits per heavy atom. The number of hydrogen-bond acceptors (Lipinski definition) is 3. The lowest BCUT2D eigenvalue weighted by Gasteiger charge is -2.40. The van der Waals surface area contributed by atoms with Gasteiger partial charge in [0.2, 0.25) is 0 Å². The fourth-order valence-corrected chi connectivity index (χ4v) is 2.74. The van der Waals surface area contributed by atoms with Gasteiger partial charge in [-0.05, 0) is 38.3 Å². The SMILES string of the molecule is Cc1cccnc1CN1C(C)CCCC1CN. The summed E-state index contributed by atoms with van der Waals surface area (Å²) < 4.78 is 0. The zero-order valence-electron chi connectivity index (χ0n) is 10.9. The van der Waals surface area contributed by atoms with Crippen LogP contribution < -0.4 is 5.73 Å². The smallest absolute Gasteiger partial charge is 0.0573 e. The van der Waals surface area contributed by atoms with Crippen LogP contribution in [0.1, 0.15) is 37.4 Å². The van der Waals surface area contributed by atoms with Gasteiger partial charge in [-0.2, -0.15) is 0 Å². The van der Waals surface area contributed by atoms with Crippen LogP contribution in [0.15, 0.2) is 18.3 Å². The Morgan fingerprint density at radius 1 is 1.47 bits per heavy atom. The average molecular weight is 233 g/mol. The van der Waals surface area contributed by atoms with Crippen LogP contribution in [0.5, 0.6) is 0 Å². The highest BCUT2D eigenvalue weighted by molar-refractivity contribution is 5.17. The van der Waals surface area contributed by atoms with Crippen molar-refractivity contribution in [2.24, 2.45) is 5.73 Å². The normalized spacial score (nSPS) is 26.1. The van der Waals surface area contributed by atoms with Crippen molar-refractivity contribution < 1.29 is 0 Å². The Labute approximate surface area is 104 Å². The topological polar surface area (TPSA) is 42.2 Å². The monoisotopic (exact) mass is 233 g/mol. The molecular formula is C14H23N3. The molecule has 1 aromatic rings. The zero-order chi connectivity index (χ0) is 12.3. The van der Waals surface area contributed by atoms with E-state index in [4.69, 9.17) is 5.73 Å². The van der Waals surface area contributed by atoms with E-state index in [1.54, 1.807) is 0 Å². The van der Waals surface area contributed by atoms with Crippen LogP contribution in [-0.2, 0) is 6.54 Å². The predicted octanol–water partition coefficient (Wildman–Crippen LogP) is 2.09. The molecule has 2 heterocycles. The van der Waals surface area contributed by atoms with Gasteiger partial charge in [-0.25, -0.2) is 0 Å². The summed E-state index contributed by atoms with van der Waals surface area (Å²) in [7, 11) is 0. The van der Waals surface area contributed by atoms with Crippen molar-refractivity contribution in [3.05, 3.63) is 29.6 Å². The van der Waals surface area contributed by atoms with Gasteiger partial charge >= 0.3 is 0 Å². The molecule has 1 aromatic heterocycles. The molecule has 3 nitrogen and oxygen atoms in total. The van der Waals surface area contributed by atoms with Gasteiger partial charge in [0.25, 0.3) is 0 Å². The van der Waals surface area contributed by atoms with E-state index >= 15 is 0 Å². The minimum absolute atomic E-state index is 0.528. The van der Waals surface area contributed by atoms with E-state index in [1.165, 1.54) is 30.5 Å². The van der Waals surface area contributed by atoms with Gasteiger partial charge in [-0.15, -0.1) is 0 Å². The Bertz CT molecular complexity index is 364. The van der Waals surface area contributed by atoms with E-state index < -0.39 is 0 Å². The second-order valence-corrected chi connectivity index (χ2v) is 5.11. The molecule has 94 valence electrons. The first kappa shape index (κ1) is 12.5. The van der Waals surface area contributed by atoms with Crippen molar-refractivity contribution in [1.29, 1.82) is 0 Å². The molecule has 0 amide bonds. The summed E-state index contributed by atoms with van der Waals surface area (Å²) in [4.78, 5) is 7.02. The van der Waals surface area contributed by atoms with E-state index in [2.05, 4.69) is 29.8 Å².